The molecule has 152 valence electrons. The first-order chi connectivity index (χ1) is 13.0. The maximum absolute atomic E-state index is 5.52. The minimum Gasteiger partial charge on any atom is -0.494 e. The normalized spacial score (nSPS) is 18.6. The number of nitrogens with one attached hydrogen (secondary N) is 1. The molecule has 0 aromatic heterocycles. The summed E-state index contributed by atoms with van der Waals surface area (Å²) in [6.45, 7) is 12.8. The number of hydrogen-bond donors (Lipinski definition) is 1. The van der Waals surface area contributed by atoms with Crippen LogP contribution < -0.4 is 10.1 Å². The molecule has 0 aliphatic carbocycles. The summed E-state index contributed by atoms with van der Waals surface area (Å²) in [5.74, 6) is 3.33. The molecular weight excluding hydrogens is 336 g/mol. The van der Waals surface area contributed by atoms with Gasteiger partial charge in [-0.15, -0.1) is 0 Å². The van der Waals surface area contributed by atoms with E-state index in [0.29, 0.717) is 12.5 Å². The van der Waals surface area contributed by atoms with E-state index in [0.717, 1.165) is 30.7 Å². The number of guanidine groups is 1. The largest absolute Gasteiger partial charge is 0.494 e. The summed E-state index contributed by atoms with van der Waals surface area (Å²) in [6, 6.07) is 8.32. The van der Waals surface area contributed by atoms with Gasteiger partial charge in [0.1, 0.15) is 5.75 Å². The van der Waals surface area contributed by atoms with Crippen LogP contribution in [0.15, 0.2) is 29.3 Å². The van der Waals surface area contributed by atoms with Crippen molar-refractivity contribution in [1.29, 1.82) is 0 Å². The first-order valence-corrected chi connectivity index (χ1v) is 10.4. The number of benzene rings is 1. The molecule has 1 aromatic carbocycles. The highest BCUT2D eigenvalue weighted by molar-refractivity contribution is 5.79. The molecule has 5 heteroatoms. The molecule has 0 spiro atoms. The van der Waals surface area contributed by atoms with Crippen LogP contribution >= 0.6 is 0 Å². The van der Waals surface area contributed by atoms with Gasteiger partial charge in [0, 0.05) is 40.3 Å². The van der Waals surface area contributed by atoms with Gasteiger partial charge in [-0.2, -0.15) is 0 Å². The first kappa shape index (κ1) is 21.5. The lowest BCUT2D eigenvalue weighted by Gasteiger charge is -2.34. The van der Waals surface area contributed by atoms with Crippen LogP contribution in [0, 0.1) is 11.8 Å². The molecule has 1 unspecified atom stereocenters. The molecule has 2 rings (SSSR count). The lowest BCUT2D eigenvalue weighted by atomic mass is 9.97. The topological polar surface area (TPSA) is 40.1 Å². The van der Waals surface area contributed by atoms with Gasteiger partial charge in [-0.3, -0.25) is 4.99 Å². The highest BCUT2D eigenvalue weighted by Gasteiger charge is 2.21. The van der Waals surface area contributed by atoms with E-state index in [9.17, 15) is 0 Å². The highest BCUT2D eigenvalue weighted by atomic mass is 16.5. The van der Waals surface area contributed by atoms with Gasteiger partial charge in [0.2, 0.25) is 0 Å². The van der Waals surface area contributed by atoms with Crippen molar-refractivity contribution in [3.8, 4) is 5.75 Å². The summed E-state index contributed by atoms with van der Waals surface area (Å²) in [4.78, 5) is 9.28. The minimum atomic E-state index is 0.700. The molecule has 1 fully saturated rings. The number of likely N-dealkylation sites (tertiary alicyclic amines) is 1. The van der Waals surface area contributed by atoms with E-state index in [1.165, 1.54) is 38.0 Å². The number of aliphatic imine (C=N–C) groups is 1. The first-order valence-electron chi connectivity index (χ1n) is 10.4. The standard InChI is InChI=1S/C22H38N4O/c1-6-27-21-11-9-19(10-12-21)16-25(5)22(23-4)24-14-20-8-7-13-26(17-20)15-18(2)3/h9-12,18,20H,6-8,13-17H2,1-5H3,(H,23,24). The monoisotopic (exact) mass is 374 g/mol. The maximum atomic E-state index is 5.52. The second-order valence-corrected chi connectivity index (χ2v) is 8.02. The molecule has 1 aromatic rings. The Morgan fingerprint density at radius 3 is 2.70 bits per heavy atom. The Hall–Kier alpha value is -1.75. The van der Waals surface area contributed by atoms with Gasteiger partial charge in [-0.1, -0.05) is 26.0 Å². The molecule has 27 heavy (non-hydrogen) atoms. The van der Waals surface area contributed by atoms with E-state index >= 15 is 0 Å². The van der Waals surface area contributed by atoms with Gasteiger partial charge in [0.05, 0.1) is 6.61 Å². The lowest BCUT2D eigenvalue weighted by molar-refractivity contribution is 0.159. The predicted molar refractivity (Wildman–Crippen MR) is 114 cm³/mol. The van der Waals surface area contributed by atoms with Gasteiger partial charge in [-0.05, 0) is 55.8 Å². The third-order valence-electron chi connectivity index (χ3n) is 5.00. The summed E-state index contributed by atoms with van der Waals surface area (Å²) in [6.07, 6.45) is 2.61. The van der Waals surface area contributed by atoms with Gasteiger partial charge in [-0.25, -0.2) is 0 Å². The fourth-order valence-corrected chi connectivity index (χ4v) is 3.83. The van der Waals surface area contributed by atoms with Gasteiger partial charge in [0.25, 0.3) is 0 Å². The second-order valence-electron chi connectivity index (χ2n) is 8.02. The molecule has 0 radical (unpaired) electrons. The van der Waals surface area contributed by atoms with Gasteiger partial charge in [0.15, 0.2) is 5.96 Å². The molecule has 1 aliphatic heterocycles. The van der Waals surface area contributed by atoms with E-state index in [2.05, 4.69) is 53.1 Å². The fraction of sp³-hybridized carbons (Fsp3) is 0.682. The smallest absolute Gasteiger partial charge is 0.193 e. The zero-order valence-electron chi connectivity index (χ0n) is 17.9. The summed E-state index contributed by atoms with van der Waals surface area (Å²) in [5.41, 5.74) is 1.25. The van der Waals surface area contributed by atoms with Crippen LogP contribution in [0.5, 0.6) is 5.75 Å². The number of rotatable bonds is 8. The summed E-state index contributed by atoms with van der Waals surface area (Å²) in [5, 5.41) is 3.59. The molecule has 1 heterocycles. The van der Waals surface area contributed by atoms with Crippen molar-refractivity contribution in [3.05, 3.63) is 29.8 Å². The van der Waals surface area contributed by atoms with E-state index in [-0.39, 0.29) is 0 Å². The number of piperidine rings is 1. The average Bonchev–Trinajstić information content (AvgIpc) is 2.64. The number of hydrogen-bond acceptors (Lipinski definition) is 3. The number of nitrogens with zero attached hydrogens (tertiary/aromatic N) is 3. The van der Waals surface area contributed by atoms with Crippen LogP contribution in [0.4, 0.5) is 0 Å². The molecular formula is C22H38N4O. The van der Waals surface area contributed by atoms with Crippen molar-refractivity contribution in [2.45, 2.75) is 40.2 Å². The number of ether oxygens (including phenoxy) is 1. The molecule has 1 atom stereocenters. The van der Waals surface area contributed by atoms with E-state index < -0.39 is 0 Å². The van der Waals surface area contributed by atoms with Crippen LogP contribution in [0.1, 0.15) is 39.2 Å². The maximum Gasteiger partial charge on any atom is 0.193 e. The Morgan fingerprint density at radius 1 is 1.33 bits per heavy atom. The van der Waals surface area contributed by atoms with Gasteiger partial charge < -0.3 is 19.9 Å². The van der Waals surface area contributed by atoms with Crippen molar-refractivity contribution in [2.75, 3.05) is 46.9 Å². The SMILES string of the molecule is CCOc1ccc(CN(C)C(=NC)NCC2CCCN(CC(C)C)C2)cc1. The Kier molecular flexibility index (Phi) is 8.92. The lowest BCUT2D eigenvalue weighted by Crippen LogP contribution is -2.45. The Bertz CT molecular complexity index is 570. The van der Waals surface area contributed by atoms with Crippen LogP contribution in [0.25, 0.3) is 0 Å². The quantitative estimate of drug-likeness (QED) is 0.559. The summed E-state index contributed by atoms with van der Waals surface area (Å²) in [7, 11) is 3.96. The third kappa shape index (κ3) is 7.41. The molecule has 1 saturated heterocycles. The van der Waals surface area contributed by atoms with Crippen molar-refractivity contribution < 1.29 is 4.74 Å². The molecule has 0 saturated carbocycles. The van der Waals surface area contributed by atoms with Crippen molar-refractivity contribution in [2.24, 2.45) is 16.8 Å². The van der Waals surface area contributed by atoms with E-state index in [1.807, 2.05) is 26.1 Å². The van der Waals surface area contributed by atoms with E-state index in [1.54, 1.807) is 0 Å². The van der Waals surface area contributed by atoms with Crippen LogP contribution in [0.2, 0.25) is 0 Å². The fourth-order valence-electron chi connectivity index (χ4n) is 3.83. The molecule has 1 N–H and O–H groups in total. The molecule has 0 amide bonds. The molecule has 1 aliphatic rings. The van der Waals surface area contributed by atoms with Crippen LogP contribution in [0.3, 0.4) is 0 Å². The van der Waals surface area contributed by atoms with E-state index in [4.69, 9.17) is 4.74 Å². The van der Waals surface area contributed by atoms with Gasteiger partial charge >= 0.3 is 0 Å². The van der Waals surface area contributed by atoms with Crippen LogP contribution in [-0.2, 0) is 6.54 Å². The van der Waals surface area contributed by atoms with Crippen molar-refractivity contribution in [1.82, 2.24) is 15.1 Å². The van der Waals surface area contributed by atoms with Crippen molar-refractivity contribution >= 4 is 5.96 Å². The molecule has 5 nitrogen and oxygen atoms in total. The summed E-state index contributed by atoms with van der Waals surface area (Å²) >= 11 is 0. The summed E-state index contributed by atoms with van der Waals surface area (Å²) < 4.78 is 5.52. The zero-order valence-corrected chi connectivity index (χ0v) is 17.9. The predicted octanol–water partition coefficient (Wildman–Crippen LogP) is 3.46. The Labute approximate surface area is 165 Å². The molecule has 0 bridgehead atoms. The average molecular weight is 375 g/mol. The zero-order chi connectivity index (χ0) is 19.6. The second kappa shape index (κ2) is 11.2. The Balaban J connectivity index is 1.81. The van der Waals surface area contributed by atoms with Crippen molar-refractivity contribution in [3.63, 3.8) is 0 Å². The Morgan fingerprint density at radius 2 is 2.07 bits per heavy atom. The highest BCUT2D eigenvalue weighted by Crippen LogP contribution is 2.17. The third-order valence-corrected chi connectivity index (χ3v) is 5.00. The minimum absolute atomic E-state index is 0.700. The van der Waals surface area contributed by atoms with Crippen LogP contribution in [-0.4, -0.2) is 62.6 Å².